The minimum absolute atomic E-state index is 0.0505. The second-order valence-electron chi connectivity index (χ2n) is 8.27. The van der Waals surface area contributed by atoms with Crippen LogP contribution in [0.3, 0.4) is 0 Å². The van der Waals surface area contributed by atoms with Crippen LogP contribution in [0.4, 0.5) is 4.39 Å². The first kappa shape index (κ1) is 19.5. The quantitative estimate of drug-likeness (QED) is 0.355. The fourth-order valence-corrected chi connectivity index (χ4v) is 5.00. The number of nitrogens with one attached hydrogen (secondary N) is 1. The number of ketones is 1. The van der Waals surface area contributed by atoms with E-state index in [1.54, 1.807) is 24.4 Å². The summed E-state index contributed by atoms with van der Waals surface area (Å²) < 4.78 is 14.9. The smallest absolute Gasteiger partial charge is 0.295 e. The second-order valence-corrected chi connectivity index (χ2v) is 8.27. The molecule has 31 heavy (non-hydrogen) atoms. The van der Waals surface area contributed by atoms with Crippen LogP contribution in [0.15, 0.2) is 60.3 Å². The summed E-state index contributed by atoms with van der Waals surface area (Å²) in [5.41, 5.74) is 1.41. The van der Waals surface area contributed by atoms with Crippen LogP contribution < -0.4 is 0 Å². The molecule has 158 valence electrons. The van der Waals surface area contributed by atoms with Crippen LogP contribution in [0.25, 0.3) is 16.7 Å². The number of carbonyl (C=O) groups is 2. The molecule has 2 N–H and O–H groups in total. The molecule has 2 aliphatic rings. The Morgan fingerprint density at radius 1 is 1.00 bits per heavy atom. The zero-order valence-electron chi connectivity index (χ0n) is 17.0. The molecule has 1 saturated carbocycles. The van der Waals surface area contributed by atoms with Crippen LogP contribution >= 0.6 is 0 Å². The van der Waals surface area contributed by atoms with Gasteiger partial charge in [-0.2, -0.15) is 0 Å². The van der Waals surface area contributed by atoms with Gasteiger partial charge in [0, 0.05) is 34.3 Å². The summed E-state index contributed by atoms with van der Waals surface area (Å²) >= 11 is 0. The molecule has 0 radical (unpaired) electrons. The number of nitrogens with zero attached hydrogens (tertiary/aromatic N) is 1. The van der Waals surface area contributed by atoms with Crippen LogP contribution in [0.5, 0.6) is 0 Å². The van der Waals surface area contributed by atoms with Gasteiger partial charge in [-0.1, -0.05) is 55.7 Å². The fourth-order valence-electron chi connectivity index (χ4n) is 5.00. The molecule has 1 amide bonds. The van der Waals surface area contributed by atoms with E-state index in [1.807, 2.05) is 24.3 Å². The van der Waals surface area contributed by atoms with E-state index in [-0.39, 0.29) is 22.9 Å². The van der Waals surface area contributed by atoms with Crippen molar-refractivity contribution in [3.05, 3.63) is 77.2 Å². The van der Waals surface area contributed by atoms with Crippen molar-refractivity contribution in [3.63, 3.8) is 0 Å². The van der Waals surface area contributed by atoms with Crippen LogP contribution in [-0.2, 0) is 9.59 Å². The number of Topliss-reactive ketones (excluding diaryl/α,β-unsaturated/α-hetero) is 1. The van der Waals surface area contributed by atoms with E-state index in [9.17, 15) is 19.1 Å². The molecule has 5 rings (SSSR count). The number of hydrogen-bond donors (Lipinski definition) is 2. The maximum atomic E-state index is 14.9. The first-order chi connectivity index (χ1) is 15.1. The highest BCUT2D eigenvalue weighted by atomic mass is 19.1. The first-order valence-corrected chi connectivity index (χ1v) is 10.7. The van der Waals surface area contributed by atoms with Gasteiger partial charge in [0.15, 0.2) is 0 Å². The summed E-state index contributed by atoms with van der Waals surface area (Å²) in [5, 5.41) is 12.0. The van der Waals surface area contributed by atoms with E-state index in [1.165, 1.54) is 11.0 Å². The monoisotopic (exact) mass is 418 g/mol. The predicted molar refractivity (Wildman–Crippen MR) is 116 cm³/mol. The highest BCUT2D eigenvalue weighted by molar-refractivity contribution is 6.46. The minimum Gasteiger partial charge on any atom is -0.507 e. The second kappa shape index (κ2) is 7.69. The number of aromatic amines is 1. The van der Waals surface area contributed by atoms with E-state index in [0.29, 0.717) is 5.56 Å². The number of amides is 1. The number of aliphatic hydroxyl groups is 1. The molecule has 1 unspecified atom stereocenters. The Morgan fingerprint density at radius 3 is 2.48 bits per heavy atom. The Kier molecular flexibility index (Phi) is 4.85. The standard InChI is InChI=1S/C25H23FN2O3/c26-19-12-6-4-11-17(19)22-21(23(29)18-14-27-20-13-7-5-10-16(18)20)24(30)25(31)28(22)15-8-2-1-3-9-15/h4-7,10-15,22,27,29H,1-3,8-9H2/b23-21+. The maximum absolute atomic E-state index is 14.9. The van der Waals surface area contributed by atoms with Crippen molar-refractivity contribution >= 4 is 28.4 Å². The highest BCUT2D eigenvalue weighted by Gasteiger charge is 2.49. The molecular formula is C25H23FN2O3. The summed E-state index contributed by atoms with van der Waals surface area (Å²) in [6, 6.07) is 12.5. The number of rotatable bonds is 3. The number of halogens is 1. The number of likely N-dealkylation sites (tertiary alicyclic amines) is 1. The topological polar surface area (TPSA) is 73.4 Å². The van der Waals surface area contributed by atoms with Crippen molar-refractivity contribution in [3.8, 4) is 0 Å². The minimum atomic E-state index is -0.946. The van der Waals surface area contributed by atoms with Gasteiger partial charge in [0.25, 0.3) is 11.7 Å². The summed E-state index contributed by atoms with van der Waals surface area (Å²) in [7, 11) is 0. The molecule has 2 fully saturated rings. The molecule has 1 aliphatic heterocycles. The van der Waals surface area contributed by atoms with Crippen LogP contribution in [0.1, 0.15) is 49.3 Å². The number of aliphatic hydroxyl groups excluding tert-OH is 1. The van der Waals surface area contributed by atoms with Crippen molar-refractivity contribution < 1.29 is 19.1 Å². The van der Waals surface area contributed by atoms with Gasteiger partial charge in [0.05, 0.1) is 11.6 Å². The summed E-state index contributed by atoms with van der Waals surface area (Å²) in [5.74, 6) is -2.20. The van der Waals surface area contributed by atoms with E-state index >= 15 is 0 Å². The van der Waals surface area contributed by atoms with E-state index in [4.69, 9.17) is 0 Å². The summed E-state index contributed by atoms with van der Waals surface area (Å²) in [6.07, 6.45) is 6.16. The molecule has 1 atom stereocenters. The van der Waals surface area contributed by atoms with Gasteiger partial charge < -0.3 is 15.0 Å². The average molecular weight is 418 g/mol. The van der Waals surface area contributed by atoms with Gasteiger partial charge in [-0.15, -0.1) is 0 Å². The van der Waals surface area contributed by atoms with Gasteiger partial charge in [-0.05, 0) is 25.0 Å². The Labute approximate surface area is 179 Å². The molecule has 6 heteroatoms. The summed E-state index contributed by atoms with van der Waals surface area (Å²) in [4.78, 5) is 30.9. The third-order valence-corrected chi connectivity index (χ3v) is 6.49. The Hall–Kier alpha value is -3.41. The number of benzene rings is 2. The molecule has 2 aromatic carbocycles. The van der Waals surface area contributed by atoms with Gasteiger partial charge in [0.2, 0.25) is 0 Å². The van der Waals surface area contributed by atoms with Crippen LogP contribution in [0.2, 0.25) is 0 Å². The van der Waals surface area contributed by atoms with Crippen LogP contribution in [0, 0.1) is 5.82 Å². The molecule has 1 saturated heterocycles. The average Bonchev–Trinajstić information content (AvgIpc) is 3.34. The van der Waals surface area contributed by atoms with Gasteiger partial charge in [-0.3, -0.25) is 9.59 Å². The lowest BCUT2D eigenvalue weighted by Crippen LogP contribution is -2.40. The van der Waals surface area contributed by atoms with Gasteiger partial charge >= 0.3 is 0 Å². The summed E-state index contributed by atoms with van der Waals surface area (Å²) in [6.45, 7) is 0. The molecule has 3 aromatic rings. The van der Waals surface area contributed by atoms with Crippen molar-refractivity contribution in [2.45, 2.75) is 44.2 Å². The molecule has 0 bridgehead atoms. The zero-order valence-corrected chi connectivity index (χ0v) is 17.0. The number of carbonyl (C=O) groups excluding carboxylic acids is 2. The number of para-hydroxylation sites is 1. The lowest BCUT2D eigenvalue weighted by molar-refractivity contribution is -0.141. The Morgan fingerprint density at radius 2 is 1.71 bits per heavy atom. The normalized spacial score (nSPS) is 21.8. The fraction of sp³-hybridized carbons (Fsp3) is 0.280. The molecule has 0 spiro atoms. The molecular weight excluding hydrogens is 395 g/mol. The number of aromatic nitrogens is 1. The van der Waals surface area contributed by atoms with E-state index in [0.717, 1.165) is 43.0 Å². The Bertz CT molecular complexity index is 1210. The largest absolute Gasteiger partial charge is 0.507 e. The third-order valence-electron chi connectivity index (χ3n) is 6.49. The predicted octanol–water partition coefficient (Wildman–Crippen LogP) is 5.06. The molecule has 1 aliphatic carbocycles. The number of H-pyrrole nitrogens is 1. The zero-order chi connectivity index (χ0) is 21.5. The SMILES string of the molecule is O=C1C(=O)N(C2CCCCC2)C(c2ccccc2F)/C1=C(\O)c1c[nH]c2ccccc12. The van der Waals surface area contributed by atoms with Crippen molar-refractivity contribution in [2.24, 2.45) is 0 Å². The van der Waals surface area contributed by atoms with Crippen molar-refractivity contribution in [1.82, 2.24) is 9.88 Å². The molecule has 5 nitrogen and oxygen atoms in total. The molecule has 1 aromatic heterocycles. The van der Waals surface area contributed by atoms with Crippen molar-refractivity contribution in [2.75, 3.05) is 0 Å². The third kappa shape index (κ3) is 3.14. The van der Waals surface area contributed by atoms with Gasteiger partial charge in [-0.25, -0.2) is 4.39 Å². The first-order valence-electron chi connectivity index (χ1n) is 10.7. The lowest BCUT2D eigenvalue weighted by Gasteiger charge is -2.35. The maximum Gasteiger partial charge on any atom is 0.295 e. The number of fused-ring (bicyclic) bond motifs is 1. The van der Waals surface area contributed by atoms with E-state index in [2.05, 4.69) is 4.98 Å². The molecule has 2 heterocycles. The Balaban J connectivity index is 1.72. The van der Waals surface area contributed by atoms with E-state index < -0.39 is 23.5 Å². The van der Waals surface area contributed by atoms with Crippen molar-refractivity contribution in [1.29, 1.82) is 0 Å². The van der Waals surface area contributed by atoms with Gasteiger partial charge in [0.1, 0.15) is 11.6 Å². The highest BCUT2D eigenvalue weighted by Crippen LogP contribution is 2.44. The van der Waals surface area contributed by atoms with Crippen LogP contribution in [-0.4, -0.2) is 32.7 Å². The number of hydrogen-bond acceptors (Lipinski definition) is 3. The lowest BCUT2D eigenvalue weighted by atomic mass is 9.90.